The molecule has 8 heteroatoms. The van der Waals surface area contributed by atoms with Gasteiger partial charge in [-0.25, -0.2) is 4.98 Å². The smallest absolute Gasteiger partial charge is 0.262 e. The van der Waals surface area contributed by atoms with Crippen molar-refractivity contribution >= 4 is 46.0 Å². The molecule has 0 radical (unpaired) electrons. The molecule has 0 saturated carbocycles. The van der Waals surface area contributed by atoms with Gasteiger partial charge in [0.2, 0.25) is 0 Å². The Hall–Kier alpha value is -2.64. The maximum absolute atomic E-state index is 13.3. The van der Waals surface area contributed by atoms with Crippen molar-refractivity contribution in [2.75, 3.05) is 5.75 Å². The van der Waals surface area contributed by atoms with Crippen LogP contribution < -0.4 is 10.9 Å². The number of hydrogen-bond donors (Lipinski definition) is 1. The highest BCUT2D eigenvalue weighted by atomic mass is 35.5. The van der Waals surface area contributed by atoms with E-state index in [0.717, 1.165) is 24.8 Å². The van der Waals surface area contributed by atoms with Gasteiger partial charge in [0.05, 0.1) is 16.7 Å². The number of halogens is 1. The van der Waals surface area contributed by atoms with Crippen molar-refractivity contribution in [2.45, 2.75) is 65.2 Å². The topological polar surface area (TPSA) is 81.1 Å². The summed E-state index contributed by atoms with van der Waals surface area (Å²) in [4.78, 5) is 43.4. The summed E-state index contributed by atoms with van der Waals surface area (Å²) < 4.78 is 1.66. The molecule has 3 aromatic rings. The van der Waals surface area contributed by atoms with Crippen LogP contribution in [0.4, 0.5) is 0 Å². The second-order valence-electron chi connectivity index (χ2n) is 9.53. The van der Waals surface area contributed by atoms with E-state index in [1.807, 2.05) is 39.0 Å². The molecule has 1 aromatic heterocycles. The minimum Gasteiger partial charge on any atom is -0.348 e. The molecule has 0 fully saturated rings. The van der Waals surface area contributed by atoms with Gasteiger partial charge in [-0.2, -0.15) is 0 Å². The number of Topliss-reactive ketones (excluding diaryl/α,β-unsaturated/α-hetero) is 1. The van der Waals surface area contributed by atoms with Crippen LogP contribution in [0.3, 0.4) is 0 Å². The van der Waals surface area contributed by atoms with Crippen molar-refractivity contribution in [3.05, 3.63) is 69.0 Å². The van der Waals surface area contributed by atoms with Gasteiger partial charge >= 0.3 is 0 Å². The Balaban J connectivity index is 1.90. The number of carbonyl (C=O) groups is 2. The average molecular weight is 514 g/mol. The molecule has 2 aromatic carbocycles. The molecule has 1 N–H and O–H groups in total. The Labute approximate surface area is 215 Å². The lowest BCUT2D eigenvalue weighted by molar-refractivity contribution is -0.123. The van der Waals surface area contributed by atoms with Gasteiger partial charge in [-0.15, -0.1) is 0 Å². The Morgan fingerprint density at radius 1 is 1.11 bits per heavy atom. The molecule has 0 aliphatic rings. The van der Waals surface area contributed by atoms with E-state index in [9.17, 15) is 14.4 Å². The standard InChI is InChI=1S/C27H32ClN3O3S/c1-5-6-9-14-31-25(34)20-13-12-18(24(33)29-16-19-10-7-8-11-21(19)28)15-22(20)30-26(31)35-17-23(32)27(2,3)4/h7-8,10-13,15H,5-6,9,14,16-17H2,1-4H3,(H,29,33). The normalized spacial score (nSPS) is 11.6. The number of amides is 1. The summed E-state index contributed by atoms with van der Waals surface area (Å²) in [6.45, 7) is 8.58. The Bertz CT molecular complexity index is 1280. The van der Waals surface area contributed by atoms with Crippen LogP contribution in [0.5, 0.6) is 0 Å². The highest BCUT2D eigenvalue weighted by Gasteiger charge is 2.22. The van der Waals surface area contributed by atoms with E-state index < -0.39 is 5.41 Å². The molecule has 0 unspecified atom stereocenters. The van der Waals surface area contributed by atoms with Gasteiger partial charge in [0.1, 0.15) is 5.78 Å². The largest absolute Gasteiger partial charge is 0.348 e. The number of benzene rings is 2. The van der Waals surface area contributed by atoms with Crippen LogP contribution in [0, 0.1) is 5.41 Å². The molecule has 1 amide bonds. The highest BCUT2D eigenvalue weighted by molar-refractivity contribution is 7.99. The molecule has 186 valence electrons. The van der Waals surface area contributed by atoms with E-state index in [0.29, 0.717) is 39.7 Å². The van der Waals surface area contributed by atoms with Crippen molar-refractivity contribution in [1.82, 2.24) is 14.9 Å². The second kappa shape index (κ2) is 11.9. The third-order valence-electron chi connectivity index (χ3n) is 5.73. The van der Waals surface area contributed by atoms with Gasteiger partial charge in [0, 0.05) is 29.1 Å². The molecule has 0 aliphatic heterocycles. The summed E-state index contributed by atoms with van der Waals surface area (Å²) in [7, 11) is 0. The van der Waals surface area contributed by atoms with Gasteiger partial charge in [0.15, 0.2) is 5.16 Å². The number of nitrogens with zero attached hydrogens (tertiary/aromatic N) is 2. The van der Waals surface area contributed by atoms with Gasteiger partial charge in [-0.05, 0) is 36.2 Å². The SMILES string of the molecule is CCCCCn1c(SCC(=O)C(C)(C)C)nc2cc(C(=O)NCc3ccccc3Cl)ccc2c1=O. The van der Waals surface area contributed by atoms with Gasteiger partial charge < -0.3 is 5.32 Å². The molecular formula is C27H32ClN3O3S. The van der Waals surface area contributed by atoms with Crippen molar-refractivity contribution in [3.63, 3.8) is 0 Å². The van der Waals surface area contributed by atoms with Crippen LogP contribution in [0.2, 0.25) is 5.02 Å². The number of rotatable bonds is 10. The molecule has 0 spiro atoms. The molecule has 1 heterocycles. The lowest BCUT2D eigenvalue weighted by atomic mass is 9.92. The quantitative estimate of drug-likeness (QED) is 0.208. The summed E-state index contributed by atoms with van der Waals surface area (Å²) >= 11 is 7.46. The van der Waals surface area contributed by atoms with Gasteiger partial charge in [0.25, 0.3) is 11.5 Å². The first-order valence-electron chi connectivity index (χ1n) is 11.8. The molecule has 3 rings (SSSR count). The van der Waals surface area contributed by atoms with Crippen LogP contribution in [-0.4, -0.2) is 27.0 Å². The highest BCUT2D eigenvalue weighted by Crippen LogP contribution is 2.24. The fourth-order valence-corrected chi connectivity index (χ4v) is 4.82. The fraction of sp³-hybridized carbons (Fsp3) is 0.407. The van der Waals surface area contributed by atoms with E-state index in [-0.39, 0.29) is 23.0 Å². The summed E-state index contributed by atoms with van der Waals surface area (Å²) in [5, 5.41) is 4.41. The number of carbonyl (C=O) groups excluding carboxylic acids is 2. The molecule has 35 heavy (non-hydrogen) atoms. The number of nitrogens with one attached hydrogen (secondary N) is 1. The third-order valence-corrected chi connectivity index (χ3v) is 7.08. The Kier molecular flexibility index (Phi) is 9.14. The number of fused-ring (bicyclic) bond motifs is 1. The lowest BCUT2D eigenvalue weighted by Crippen LogP contribution is -2.26. The monoisotopic (exact) mass is 513 g/mol. The summed E-state index contributed by atoms with van der Waals surface area (Å²) in [5.41, 5.74) is 1.04. The first kappa shape index (κ1) is 27.0. The maximum atomic E-state index is 13.3. The predicted octanol–water partition coefficient (Wildman–Crippen LogP) is 5.88. The minimum absolute atomic E-state index is 0.0876. The van der Waals surface area contributed by atoms with E-state index in [1.165, 1.54) is 11.8 Å². The van der Waals surface area contributed by atoms with Crippen LogP contribution in [0.1, 0.15) is 62.9 Å². The van der Waals surface area contributed by atoms with E-state index in [4.69, 9.17) is 16.6 Å². The average Bonchev–Trinajstić information content (AvgIpc) is 2.82. The fourth-order valence-electron chi connectivity index (χ4n) is 3.44. The van der Waals surface area contributed by atoms with Crippen molar-refractivity contribution in [3.8, 4) is 0 Å². The molecule has 0 bridgehead atoms. The zero-order chi connectivity index (χ0) is 25.6. The van der Waals surface area contributed by atoms with Crippen molar-refractivity contribution in [2.24, 2.45) is 5.41 Å². The van der Waals surface area contributed by atoms with Crippen LogP contribution in [0.25, 0.3) is 10.9 Å². The number of ketones is 1. The predicted molar refractivity (Wildman–Crippen MR) is 143 cm³/mol. The van der Waals surface area contributed by atoms with Crippen LogP contribution in [0.15, 0.2) is 52.4 Å². The number of unbranched alkanes of at least 4 members (excludes halogenated alkanes) is 2. The number of aromatic nitrogens is 2. The van der Waals surface area contributed by atoms with E-state index >= 15 is 0 Å². The number of hydrogen-bond acceptors (Lipinski definition) is 5. The Morgan fingerprint density at radius 3 is 2.54 bits per heavy atom. The molecule has 0 aliphatic carbocycles. The van der Waals surface area contributed by atoms with Crippen LogP contribution >= 0.6 is 23.4 Å². The molecule has 0 saturated heterocycles. The second-order valence-corrected chi connectivity index (χ2v) is 10.9. The van der Waals surface area contributed by atoms with E-state index in [1.54, 1.807) is 28.8 Å². The first-order chi connectivity index (χ1) is 16.6. The molecular weight excluding hydrogens is 482 g/mol. The lowest BCUT2D eigenvalue weighted by Gasteiger charge is -2.17. The first-order valence-corrected chi connectivity index (χ1v) is 13.2. The minimum atomic E-state index is -0.468. The summed E-state index contributed by atoms with van der Waals surface area (Å²) in [6.07, 6.45) is 2.89. The van der Waals surface area contributed by atoms with Crippen molar-refractivity contribution in [1.29, 1.82) is 0 Å². The number of thioether (sulfide) groups is 1. The third kappa shape index (κ3) is 6.95. The maximum Gasteiger partial charge on any atom is 0.262 e. The van der Waals surface area contributed by atoms with E-state index in [2.05, 4.69) is 12.2 Å². The summed E-state index contributed by atoms with van der Waals surface area (Å²) in [5.74, 6) is 0.0373. The Morgan fingerprint density at radius 2 is 1.86 bits per heavy atom. The van der Waals surface area contributed by atoms with Gasteiger partial charge in [-0.1, -0.05) is 82.1 Å². The molecule has 6 nitrogen and oxygen atoms in total. The summed E-state index contributed by atoms with van der Waals surface area (Å²) in [6, 6.07) is 12.3. The zero-order valence-electron chi connectivity index (χ0n) is 20.7. The van der Waals surface area contributed by atoms with Crippen molar-refractivity contribution < 1.29 is 9.59 Å². The van der Waals surface area contributed by atoms with Gasteiger partial charge in [-0.3, -0.25) is 19.0 Å². The zero-order valence-corrected chi connectivity index (χ0v) is 22.3. The van der Waals surface area contributed by atoms with Crippen LogP contribution in [-0.2, 0) is 17.9 Å². The molecule has 0 atom stereocenters.